The van der Waals surface area contributed by atoms with E-state index in [-0.39, 0.29) is 11.3 Å². The van der Waals surface area contributed by atoms with Crippen molar-refractivity contribution in [1.29, 1.82) is 0 Å². The number of benzene rings is 3. The van der Waals surface area contributed by atoms with Gasteiger partial charge in [0.1, 0.15) is 5.56 Å². The smallest absolute Gasteiger partial charge is 0.282 e. The van der Waals surface area contributed by atoms with Crippen LogP contribution in [-0.4, -0.2) is 10.8 Å². The van der Waals surface area contributed by atoms with Crippen molar-refractivity contribution < 1.29 is 9.72 Å². The minimum absolute atomic E-state index is 0.0786. The molecule has 0 atom stereocenters. The summed E-state index contributed by atoms with van der Waals surface area (Å²) in [6.45, 7) is 2.27. The highest BCUT2D eigenvalue weighted by Gasteiger charge is 2.25. The number of nitrogens with zero attached hydrogens (tertiary/aromatic N) is 2. The fourth-order valence-corrected chi connectivity index (χ4v) is 2.80. The standard InChI is InChI=1S/C21H18N2O3/c1-16-8-7-11-18(14-16)22(15-17-9-3-2-4-10-17)21(24)19-12-5-6-13-20(19)23(25)26/h2-14H,15H2,1H3. The Morgan fingerprint density at radius 2 is 1.65 bits per heavy atom. The molecule has 0 radical (unpaired) electrons. The minimum Gasteiger partial charge on any atom is -0.304 e. The molecule has 0 spiro atoms. The predicted octanol–water partition coefficient (Wildman–Crippen LogP) is 4.75. The molecule has 5 nitrogen and oxygen atoms in total. The van der Waals surface area contributed by atoms with Gasteiger partial charge in [-0.25, -0.2) is 0 Å². The number of carbonyl (C=O) groups excluding carboxylic acids is 1. The van der Waals surface area contributed by atoms with Gasteiger partial charge < -0.3 is 4.90 Å². The number of aryl methyl sites for hydroxylation is 1. The molecule has 3 aromatic rings. The summed E-state index contributed by atoms with van der Waals surface area (Å²) in [7, 11) is 0. The summed E-state index contributed by atoms with van der Waals surface area (Å²) in [5, 5.41) is 11.3. The Balaban J connectivity index is 2.06. The van der Waals surface area contributed by atoms with E-state index in [1.165, 1.54) is 12.1 Å². The lowest BCUT2D eigenvalue weighted by Crippen LogP contribution is -2.31. The highest BCUT2D eigenvalue weighted by atomic mass is 16.6. The molecular weight excluding hydrogens is 328 g/mol. The van der Waals surface area contributed by atoms with Crippen molar-refractivity contribution in [2.45, 2.75) is 13.5 Å². The average molecular weight is 346 g/mol. The maximum atomic E-state index is 13.2. The summed E-state index contributed by atoms with van der Waals surface area (Å²) in [4.78, 5) is 25.6. The van der Waals surface area contributed by atoms with Crippen LogP contribution in [0.25, 0.3) is 0 Å². The highest BCUT2D eigenvalue weighted by molar-refractivity contribution is 6.08. The molecule has 130 valence electrons. The fourth-order valence-electron chi connectivity index (χ4n) is 2.80. The summed E-state index contributed by atoms with van der Waals surface area (Å²) < 4.78 is 0. The second-order valence-electron chi connectivity index (χ2n) is 5.99. The lowest BCUT2D eigenvalue weighted by Gasteiger charge is -2.23. The van der Waals surface area contributed by atoms with E-state index < -0.39 is 10.8 Å². The first-order valence-corrected chi connectivity index (χ1v) is 8.22. The van der Waals surface area contributed by atoms with Crippen LogP contribution in [0.4, 0.5) is 11.4 Å². The summed E-state index contributed by atoms with van der Waals surface area (Å²) in [6, 6.07) is 23.2. The van der Waals surface area contributed by atoms with Crippen molar-refractivity contribution in [1.82, 2.24) is 0 Å². The highest BCUT2D eigenvalue weighted by Crippen LogP contribution is 2.25. The Bertz CT molecular complexity index is 939. The van der Waals surface area contributed by atoms with E-state index >= 15 is 0 Å². The molecule has 0 aliphatic heterocycles. The van der Waals surface area contributed by atoms with Crippen LogP contribution in [0.15, 0.2) is 78.9 Å². The largest absolute Gasteiger partial charge is 0.304 e. The number of carbonyl (C=O) groups is 1. The molecule has 3 rings (SSSR count). The van der Waals surface area contributed by atoms with Gasteiger partial charge in [-0.3, -0.25) is 14.9 Å². The third-order valence-corrected chi connectivity index (χ3v) is 4.07. The van der Waals surface area contributed by atoms with Crippen molar-refractivity contribution in [3.63, 3.8) is 0 Å². The minimum atomic E-state index is -0.524. The molecule has 1 amide bonds. The van der Waals surface area contributed by atoms with Gasteiger partial charge in [-0.15, -0.1) is 0 Å². The molecule has 0 saturated carbocycles. The maximum Gasteiger partial charge on any atom is 0.282 e. The fraction of sp³-hybridized carbons (Fsp3) is 0.0952. The molecular formula is C21H18N2O3. The molecule has 0 saturated heterocycles. The van der Waals surface area contributed by atoms with Crippen molar-refractivity contribution in [2.75, 3.05) is 4.90 Å². The molecule has 3 aromatic carbocycles. The third-order valence-electron chi connectivity index (χ3n) is 4.07. The quantitative estimate of drug-likeness (QED) is 0.495. The average Bonchev–Trinajstić information content (AvgIpc) is 2.66. The van der Waals surface area contributed by atoms with Crippen LogP contribution in [0.5, 0.6) is 0 Å². The monoisotopic (exact) mass is 346 g/mol. The second kappa shape index (κ2) is 7.61. The SMILES string of the molecule is Cc1cccc(N(Cc2ccccc2)C(=O)c2ccccc2[N+](=O)[O-])c1. The van der Waals surface area contributed by atoms with Crippen LogP contribution in [0.2, 0.25) is 0 Å². The van der Waals surface area contributed by atoms with Gasteiger partial charge in [0, 0.05) is 11.8 Å². The zero-order valence-electron chi connectivity index (χ0n) is 14.3. The van der Waals surface area contributed by atoms with Gasteiger partial charge >= 0.3 is 0 Å². The van der Waals surface area contributed by atoms with E-state index in [4.69, 9.17) is 0 Å². The molecule has 0 bridgehead atoms. The van der Waals surface area contributed by atoms with Gasteiger partial charge in [-0.05, 0) is 36.2 Å². The van der Waals surface area contributed by atoms with Gasteiger partial charge in [0.2, 0.25) is 0 Å². The number of nitro groups is 1. The Labute approximate surface area is 151 Å². The van der Waals surface area contributed by atoms with Crippen LogP contribution >= 0.6 is 0 Å². The molecule has 0 aliphatic carbocycles. The summed E-state index contributed by atoms with van der Waals surface area (Å²) in [5.41, 5.74) is 2.55. The lowest BCUT2D eigenvalue weighted by atomic mass is 10.1. The van der Waals surface area contributed by atoms with Crippen molar-refractivity contribution in [2.24, 2.45) is 0 Å². The molecule has 5 heteroatoms. The molecule has 0 fully saturated rings. The zero-order chi connectivity index (χ0) is 18.5. The van der Waals surface area contributed by atoms with Gasteiger partial charge in [0.25, 0.3) is 11.6 Å². The van der Waals surface area contributed by atoms with Gasteiger partial charge in [0.05, 0.1) is 11.5 Å². The molecule has 0 heterocycles. The molecule has 0 N–H and O–H groups in total. The summed E-state index contributed by atoms with van der Waals surface area (Å²) in [5.74, 6) is -0.397. The normalized spacial score (nSPS) is 10.3. The first-order valence-electron chi connectivity index (χ1n) is 8.22. The van der Waals surface area contributed by atoms with Gasteiger partial charge in [-0.2, -0.15) is 0 Å². The van der Waals surface area contributed by atoms with Crippen LogP contribution in [-0.2, 0) is 6.54 Å². The van der Waals surface area contributed by atoms with E-state index in [1.807, 2.05) is 61.5 Å². The van der Waals surface area contributed by atoms with E-state index in [9.17, 15) is 14.9 Å². The van der Waals surface area contributed by atoms with Crippen molar-refractivity contribution >= 4 is 17.3 Å². The Hall–Kier alpha value is -3.47. The Kier molecular flexibility index (Phi) is 5.08. The van der Waals surface area contributed by atoms with E-state index in [2.05, 4.69) is 0 Å². The van der Waals surface area contributed by atoms with Crippen molar-refractivity contribution in [3.8, 4) is 0 Å². The molecule has 0 unspecified atom stereocenters. The van der Waals surface area contributed by atoms with Crippen LogP contribution < -0.4 is 4.90 Å². The molecule has 0 aromatic heterocycles. The topological polar surface area (TPSA) is 63.5 Å². The maximum absolute atomic E-state index is 13.2. The number of nitro benzene ring substituents is 1. The summed E-state index contributed by atoms with van der Waals surface area (Å²) >= 11 is 0. The van der Waals surface area contributed by atoms with Gasteiger partial charge in [0.15, 0.2) is 0 Å². The second-order valence-corrected chi connectivity index (χ2v) is 5.99. The predicted molar refractivity (Wildman–Crippen MR) is 101 cm³/mol. The molecule has 26 heavy (non-hydrogen) atoms. The number of rotatable bonds is 5. The van der Waals surface area contributed by atoms with E-state index in [0.717, 1.165) is 11.1 Å². The number of anilines is 1. The van der Waals surface area contributed by atoms with E-state index in [1.54, 1.807) is 17.0 Å². The van der Waals surface area contributed by atoms with Gasteiger partial charge in [-0.1, -0.05) is 54.6 Å². The first kappa shape index (κ1) is 17.4. The number of hydrogen-bond acceptors (Lipinski definition) is 3. The van der Waals surface area contributed by atoms with E-state index in [0.29, 0.717) is 12.2 Å². The zero-order valence-corrected chi connectivity index (χ0v) is 14.3. The number of hydrogen-bond donors (Lipinski definition) is 0. The molecule has 0 aliphatic rings. The van der Waals surface area contributed by atoms with Crippen LogP contribution in [0.1, 0.15) is 21.5 Å². The van der Waals surface area contributed by atoms with Crippen LogP contribution in [0.3, 0.4) is 0 Å². The summed E-state index contributed by atoms with van der Waals surface area (Å²) in [6.07, 6.45) is 0. The third kappa shape index (κ3) is 3.78. The van der Waals surface area contributed by atoms with Crippen LogP contribution in [0, 0.1) is 17.0 Å². The number of amides is 1. The Morgan fingerprint density at radius 3 is 2.35 bits per heavy atom. The number of para-hydroxylation sites is 1. The Morgan fingerprint density at radius 1 is 0.962 bits per heavy atom. The van der Waals surface area contributed by atoms with Crippen molar-refractivity contribution in [3.05, 3.63) is 106 Å². The first-order chi connectivity index (χ1) is 12.6. The lowest BCUT2D eigenvalue weighted by molar-refractivity contribution is -0.385.